The lowest BCUT2D eigenvalue weighted by atomic mass is 9.71. The summed E-state index contributed by atoms with van der Waals surface area (Å²) in [5.74, 6) is -0.706. The van der Waals surface area contributed by atoms with Gasteiger partial charge < -0.3 is 10.5 Å². The molecule has 1 aliphatic carbocycles. The maximum atomic E-state index is 13.0. The molecule has 2 rings (SSSR count). The van der Waals surface area contributed by atoms with Crippen molar-refractivity contribution in [3.05, 3.63) is 28.8 Å². The molecule has 0 aromatic heterocycles. The van der Waals surface area contributed by atoms with Crippen LogP contribution >= 0.6 is 0 Å². The lowest BCUT2D eigenvalue weighted by Crippen LogP contribution is -2.45. The molecule has 21 heavy (non-hydrogen) atoms. The molecular formula is C16H22F3NO. The maximum absolute atomic E-state index is 13.0. The molecular weight excluding hydrogens is 279 g/mol. The second-order valence-electron chi connectivity index (χ2n) is 6.08. The second kappa shape index (κ2) is 5.52. The number of ether oxygens (including phenoxy) is 1. The largest absolute Gasteiger partial charge is 0.496 e. The second-order valence-corrected chi connectivity index (χ2v) is 6.08. The molecule has 118 valence electrons. The number of halogens is 3. The van der Waals surface area contributed by atoms with E-state index in [1.807, 2.05) is 26.0 Å². The monoisotopic (exact) mass is 301 g/mol. The first-order valence-corrected chi connectivity index (χ1v) is 7.19. The Kier molecular flexibility index (Phi) is 4.24. The number of nitrogens with two attached hydrogens (primary N) is 1. The van der Waals surface area contributed by atoms with Crippen molar-refractivity contribution in [3.63, 3.8) is 0 Å². The molecule has 1 aromatic rings. The van der Waals surface area contributed by atoms with Crippen LogP contribution in [0, 0.1) is 19.8 Å². The molecule has 0 amide bonds. The van der Waals surface area contributed by atoms with Gasteiger partial charge in [0.05, 0.1) is 13.0 Å². The van der Waals surface area contributed by atoms with Gasteiger partial charge in [-0.05, 0) is 44.2 Å². The van der Waals surface area contributed by atoms with Crippen molar-refractivity contribution < 1.29 is 17.9 Å². The van der Waals surface area contributed by atoms with Crippen LogP contribution in [-0.2, 0) is 5.54 Å². The third-order valence-corrected chi connectivity index (χ3v) is 4.67. The topological polar surface area (TPSA) is 35.2 Å². The normalized spacial score (nSPS) is 26.7. The lowest BCUT2D eigenvalue weighted by Gasteiger charge is -2.40. The summed E-state index contributed by atoms with van der Waals surface area (Å²) in [6.07, 6.45) is -3.06. The van der Waals surface area contributed by atoms with Crippen LogP contribution in [0.15, 0.2) is 12.1 Å². The predicted octanol–water partition coefficient (Wildman–Crippen LogP) is 4.22. The van der Waals surface area contributed by atoms with E-state index in [1.165, 1.54) is 0 Å². The third kappa shape index (κ3) is 3.03. The van der Waals surface area contributed by atoms with E-state index in [1.54, 1.807) is 7.11 Å². The summed E-state index contributed by atoms with van der Waals surface area (Å²) < 4.78 is 44.6. The van der Waals surface area contributed by atoms with Crippen LogP contribution < -0.4 is 10.5 Å². The van der Waals surface area contributed by atoms with Gasteiger partial charge in [0.1, 0.15) is 5.75 Å². The molecule has 0 bridgehead atoms. The summed E-state index contributed by atoms with van der Waals surface area (Å²) in [5.41, 5.74) is 8.09. The van der Waals surface area contributed by atoms with E-state index >= 15 is 0 Å². The van der Waals surface area contributed by atoms with Crippen LogP contribution in [-0.4, -0.2) is 13.3 Å². The average molecular weight is 301 g/mol. The van der Waals surface area contributed by atoms with E-state index in [0.29, 0.717) is 24.2 Å². The molecule has 2 N–H and O–H groups in total. The van der Waals surface area contributed by atoms with Crippen LogP contribution in [0.5, 0.6) is 5.75 Å². The first-order chi connectivity index (χ1) is 9.69. The van der Waals surface area contributed by atoms with Gasteiger partial charge in [-0.1, -0.05) is 18.6 Å². The van der Waals surface area contributed by atoms with Gasteiger partial charge in [-0.2, -0.15) is 13.2 Å². The number of alkyl halides is 3. The molecule has 0 radical (unpaired) electrons. The highest BCUT2D eigenvalue weighted by atomic mass is 19.4. The fraction of sp³-hybridized carbons (Fsp3) is 0.625. The minimum absolute atomic E-state index is 0.0740. The van der Waals surface area contributed by atoms with Gasteiger partial charge in [0.15, 0.2) is 0 Å². The first-order valence-electron chi connectivity index (χ1n) is 7.19. The van der Waals surface area contributed by atoms with Gasteiger partial charge in [0.2, 0.25) is 0 Å². The van der Waals surface area contributed by atoms with Crippen molar-refractivity contribution in [1.29, 1.82) is 0 Å². The van der Waals surface area contributed by atoms with E-state index in [2.05, 4.69) is 0 Å². The fourth-order valence-electron chi connectivity index (χ4n) is 3.28. The van der Waals surface area contributed by atoms with Gasteiger partial charge in [-0.25, -0.2) is 0 Å². The van der Waals surface area contributed by atoms with Crippen molar-refractivity contribution in [2.75, 3.05) is 7.11 Å². The van der Waals surface area contributed by atoms with Crippen molar-refractivity contribution in [2.24, 2.45) is 11.7 Å². The van der Waals surface area contributed by atoms with Gasteiger partial charge in [0, 0.05) is 11.1 Å². The standard InChI is InChI=1S/C16H22F3NO/c1-10-6-7-13(14(21-3)11(10)2)15(20)8-4-5-12(9-15)16(17,18)19/h6-7,12H,4-5,8-9,20H2,1-3H3. The Hall–Kier alpha value is -1.23. The number of aryl methyl sites for hydroxylation is 1. The zero-order chi connectivity index (χ0) is 15.8. The number of rotatable bonds is 2. The SMILES string of the molecule is COc1c(C2(N)CCCC(C(F)(F)F)C2)ccc(C)c1C. The van der Waals surface area contributed by atoms with Gasteiger partial charge in [0.25, 0.3) is 0 Å². The molecule has 1 saturated carbocycles. The number of benzene rings is 1. The van der Waals surface area contributed by atoms with Crippen molar-refractivity contribution in [3.8, 4) is 5.75 Å². The third-order valence-electron chi connectivity index (χ3n) is 4.67. The molecule has 2 nitrogen and oxygen atoms in total. The number of hydrogen-bond acceptors (Lipinski definition) is 2. The molecule has 0 aliphatic heterocycles. The van der Waals surface area contributed by atoms with E-state index in [4.69, 9.17) is 10.5 Å². The Morgan fingerprint density at radius 2 is 1.95 bits per heavy atom. The highest BCUT2D eigenvalue weighted by Gasteiger charge is 2.47. The fourth-order valence-corrected chi connectivity index (χ4v) is 3.28. The van der Waals surface area contributed by atoms with E-state index in [-0.39, 0.29) is 12.8 Å². The summed E-state index contributed by atoms with van der Waals surface area (Å²) in [5, 5.41) is 0. The van der Waals surface area contributed by atoms with Gasteiger partial charge >= 0.3 is 6.18 Å². The summed E-state index contributed by atoms with van der Waals surface area (Å²) in [4.78, 5) is 0. The van der Waals surface area contributed by atoms with E-state index < -0.39 is 17.6 Å². The summed E-state index contributed by atoms with van der Waals surface area (Å²) in [7, 11) is 1.54. The van der Waals surface area contributed by atoms with Crippen LogP contribution in [0.3, 0.4) is 0 Å². The Morgan fingerprint density at radius 1 is 1.29 bits per heavy atom. The Balaban J connectivity index is 2.42. The minimum Gasteiger partial charge on any atom is -0.496 e. The van der Waals surface area contributed by atoms with E-state index in [0.717, 1.165) is 11.1 Å². The quantitative estimate of drug-likeness (QED) is 0.887. The summed E-state index contributed by atoms with van der Waals surface area (Å²) in [6, 6.07) is 3.72. The first kappa shape index (κ1) is 16.1. The zero-order valence-corrected chi connectivity index (χ0v) is 12.7. The van der Waals surface area contributed by atoms with Crippen LogP contribution in [0.1, 0.15) is 42.4 Å². The average Bonchev–Trinajstić information content (AvgIpc) is 2.40. The molecule has 5 heteroatoms. The minimum atomic E-state index is -4.18. The molecule has 2 unspecified atom stereocenters. The Bertz CT molecular complexity index is 527. The van der Waals surface area contributed by atoms with Crippen molar-refractivity contribution in [1.82, 2.24) is 0 Å². The number of hydrogen-bond donors (Lipinski definition) is 1. The highest BCUT2D eigenvalue weighted by molar-refractivity contribution is 5.48. The smallest absolute Gasteiger partial charge is 0.391 e. The van der Waals surface area contributed by atoms with Gasteiger partial charge in [-0.15, -0.1) is 0 Å². The predicted molar refractivity (Wildman–Crippen MR) is 76.3 cm³/mol. The molecule has 1 aliphatic rings. The van der Waals surface area contributed by atoms with Crippen LogP contribution in [0.25, 0.3) is 0 Å². The van der Waals surface area contributed by atoms with Gasteiger partial charge in [-0.3, -0.25) is 0 Å². The molecule has 0 saturated heterocycles. The Morgan fingerprint density at radius 3 is 2.52 bits per heavy atom. The Labute approximate surface area is 123 Å². The zero-order valence-electron chi connectivity index (χ0n) is 12.7. The summed E-state index contributed by atoms with van der Waals surface area (Å²) in [6.45, 7) is 3.86. The molecule has 2 atom stereocenters. The molecule has 0 heterocycles. The molecule has 0 spiro atoms. The van der Waals surface area contributed by atoms with Crippen molar-refractivity contribution in [2.45, 2.75) is 51.2 Å². The highest BCUT2D eigenvalue weighted by Crippen LogP contribution is 2.47. The molecule has 1 aromatic carbocycles. The maximum Gasteiger partial charge on any atom is 0.391 e. The summed E-state index contributed by atoms with van der Waals surface area (Å²) >= 11 is 0. The van der Waals surface area contributed by atoms with Crippen molar-refractivity contribution >= 4 is 0 Å². The van der Waals surface area contributed by atoms with E-state index in [9.17, 15) is 13.2 Å². The molecule has 1 fully saturated rings. The van der Waals surface area contributed by atoms with Crippen LogP contribution in [0.2, 0.25) is 0 Å². The lowest BCUT2D eigenvalue weighted by molar-refractivity contribution is -0.187. The van der Waals surface area contributed by atoms with Crippen LogP contribution in [0.4, 0.5) is 13.2 Å². The number of methoxy groups -OCH3 is 1.